The van der Waals surface area contributed by atoms with Crippen molar-refractivity contribution in [1.82, 2.24) is 0 Å². The molecule has 0 atom stereocenters. The van der Waals surface area contributed by atoms with Gasteiger partial charge in [-0.05, 0) is 86.7 Å². The van der Waals surface area contributed by atoms with E-state index >= 15 is 0 Å². The monoisotopic (exact) mass is 468 g/mol. The molecular weight excluding hydrogens is 436 g/mol. The van der Waals surface area contributed by atoms with Crippen molar-refractivity contribution in [3.8, 4) is 5.75 Å². The number of carbonyl (C=O) groups is 2. The summed E-state index contributed by atoms with van der Waals surface area (Å²) in [6, 6.07) is 20.9. The van der Waals surface area contributed by atoms with Crippen LogP contribution in [-0.4, -0.2) is 17.9 Å². The van der Waals surface area contributed by atoms with E-state index in [0.717, 1.165) is 28.0 Å². The number of nitrogens with zero attached hydrogens (tertiary/aromatic N) is 1. The maximum absolute atomic E-state index is 13.7. The largest absolute Gasteiger partial charge is 0.491 e. The predicted molar refractivity (Wildman–Crippen MR) is 142 cm³/mol. The summed E-state index contributed by atoms with van der Waals surface area (Å²) in [7, 11) is 0. The Morgan fingerprint density at radius 3 is 2.03 bits per heavy atom. The molecule has 0 unspecified atom stereocenters. The normalized spacial score (nSPS) is 13.9. The molecule has 0 bridgehead atoms. The summed E-state index contributed by atoms with van der Waals surface area (Å²) in [6.45, 7) is 12.1. The van der Waals surface area contributed by atoms with Crippen molar-refractivity contribution in [3.63, 3.8) is 0 Å². The van der Waals surface area contributed by atoms with Gasteiger partial charge in [-0.25, -0.2) is 4.90 Å². The van der Waals surface area contributed by atoms with Gasteiger partial charge in [0.05, 0.1) is 17.4 Å². The minimum atomic E-state index is -0.371. The highest BCUT2D eigenvalue weighted by Crippen LogP contribution is 2.36. The number of rotatable bonds is 7. The van der Waals surface area contributed by atoms with Gasteiger partial charge >= 0.3 is 0 Å². The molecule has 2 amide bonds. The Hall–Kier alpha value is -3.86. The number of nitrogens with one attached hydrogen (secondary N) is 1. The summed E-state index contributed by atoms with van der Waals surface area (Å²) in [5.74, 6) is 0.402. The smallest absolute Gasteiger partial charge is 0.282 e. The van der Waals surface area contributed by atoms with Crippen LogP contribution in [-0.2, 0) is 9.59 Å². The molecule has 1 N–H and O–H groups in total. The lowest BCUT2D eigenvalue weighted by Gasteiger charge is -2.17. The van der Waals surface area contributed by atoms with Gasteiger partial charge in [0.2, 0.25) is 0 Å². The Balaban J connectivity index is 1.75. The fraction of sp³-hybridized carbons (Fsp3) is 0.267. The average molecular weight is 469 g/mol. The zero-order chi connectivity index (χ0) is 25.3. The number of benzene rings is 3. The first-order valence-electron chi connectivity index (χ1n) is 12.0. The van der Waals surface area contributed by atoms with Gasteiger partial charge in [0, 0.05) is 5.69 Å². The Bertz CT molecular complexity index is 1290. The number of hydrogen-bond donors (Lipinski definition) is 1. The fourth-order valence-electron chi connectivity index (χ4n) is 4.27. The van der Waals surface area contributed by atoms with Crippen LogP contribution in [0.1, 0.15) is 55.9 Å². The van der Waals surface area contributed by atoms with Crippen LogP contribution in [0, 0.1) is 13.8 Å². The topological polar surface area (TPSA) is 58.6 Å². The number of aryl methyl sites for hydroxylation is 2. The van der Waals surface area contributed by atoms with Crippen molar-refractivity contribution in [3.05, 3.63) is 94.7 Å². The molecule has 1 aliphatic heterocycles. The molecule has 5 heteroatoms. The Morgan fingerprint density at radius 2 is 1.46 bits per heavy atom. The van der Waals surface area contributed by atoms with Crippen molar-refractivity contribution in [2.45, 2.75) is 53.6 Å². The molecular formula is C30H32N2O3. The van der Waals surface area contributed by atoms with Gasteiger partial charge < -0.3 is 10.1 Å². The minimum Gasteiger partial charge on any atom is -0.491 e. The van der Waals surface area contributed by atoms with E-state index in [2.05, 4.69) is 19.2 Å². The summed E-state index contributed by atoms with van der Waals surface area (Å²) < 4.78 is 5.73. The van der Waals surface area contributed by atoms with Gasteiger partial charge in [0.15, 0.2) is 0 Å². The van der Waals surface area contributed by atoms with Gasteiger partial charge in [-0.2, -0.15) is 0 Å². The first kappa shape index (κ1) is 24.3. The third kappa shape index (κ3) is 4.99. The summed E-state index contributed by atoms with van der Waals surface area (Å²) in [5, 5.41) is 3.23. The minimum absolute atomic E-state index is 0.0670. The van der Waals surface area contributed by atoms with Gasteiger partial charge in [0.25, 0.3) is 11.8 Å². The third-order valence-electron chi connectivity index (χ3n) is 6.05. The molecule has 3 aromatic carbocycles. The summed E-state index contributed by atoms with van der Waals surface area (Å²) >= 11 is 0. The van der Waals surface area contributed by atoms with Gasteiger partial charge in [-0.3, -0.25) is 9.59 Å². The molecule has 0 saturated carbocycles. The Morgan fingerprint density at radius 1 is 0.800 bits per heavy atom. The zero-order valence-electron chi connectivity index (χ0n) is 21.2. The molecule has 3 aromatic rings. The van der Waals surface area contributed by atoms with Crippen LogP contribution in [0.2, 0.25) is 0 Å². The number of anilines is 2. The Labute approximate surface area is 207 Å². The van der Waals surface area contributed by atoms with Gasteiger partial charge in [-0.15, -0.1) is 0 Å². The lowest BCUT2D eigenvalue weighted by atomic mass is 9.97. The molecule has 5 nitrogen and oxygen atoms in total. The second kappa shape index (κ2) is 9.79. The average Bonchev–Trinajstić information content (AvgIpc) is 3.04. The summed E-state index contributed by atoms with van der Waals surface area (Å²) in [4.78, 5) is 28.7. The van der Waals surface area contributed by atoms with Crippen molar-refractivity contribution < 1.29 is 14.3 Å². The predicted octanol–water partition coefficient (Wildman–Crippen LogP) is 6.61. The standard InChI is InChI=1S/C30H32N2O3/c1-18(2)22-8-12-24(13-9-22)32-29(33)27(26-16-7-20(5)17-21(26)6)28(30(32)34)31-23-10-14-25(15-11-23)35-19(3)4/h7-19,31H,1-6H3. The van der Waals surface area contributed by atoms with Crippen LogP contribution in [0.15, 0.2) is 72.4 Å². The zero-order valence-corrected chi connectivity index (χ0v) is 21.2. The van der Waals surface area contributed by atoms with Crippen LogP contribution in [0.25, 0.3) is 5.57 Å². The number of carbonyl (C=O) groups excluding carboxylic acids is 2. The molecule has 180 valence electrons. The highest BCUT2D eigenvalue weighted by Gasteiger charge is 2.40. The SMILES string of the molecule is Cc1ccc(C2=C(Nc3ccc(OC(C)C)cc3)C(=O)N(c3ccc(C(C)C)cc3)C2=O)c(C)c1. The highest BCUT2D eigenvalue weighted by molar-refractivity contribution is 6.46. The molecule has 0 radical (unpaired) electrons. The van der Waals surface area contributed by atoms with Crippen LogP contribution in [0.5, 0.6) is 5.75 Å². The summed E-state index contributed by atoms with van der Waals surface area (Å²) in [5.41, 5.74) is 5.85. The third-order valence-corrected chi connectivity index (χ3v) is 6.05. The lowest BCUT2D eigenvalue weighted by molar-refractivity contribution is -0.120. The molecule has 0 aromatic heterocycles. The van der Waals surface area contributed by atoms with Crippen LogP contribution in [0.4, 0.5) is 11.4 Å². The quantitative estimate of drug-likeness (QED) is 0.396. The number of ether oxygens (including phenoxy) is 1. The molecule has 35 heavy (non-hydrogen) atoms. The van der Waals surface area contributed by atoms with Crippen molar-refractivity contribution in [1.29, 1.82) is 0 Å². The molecule has 1 aliphatic rings. The van der Waals surface area contributed by atoms with E-state index in [9.17, 15) is 9.59 Å². The lowest BCUT2D eigenvalue weighted by Crippen LogP contribution is -2.32. The van der Waals surface area contributed by atoms with E-state index in [4.69, 9.17) is 4.74 Å². The molecule has 0 fully saturated rings. The van der Waals surface area contributed by atoms with Crippen LogP contribution in [0.3, 0.4) is 0 Å². The highest BCUT2D eigenvalue weighted by atomic mass is 16.5. The first-order valence-corrected chi connectivity index (χ1v) is 12.0. The van der Waals surface area contributed by atoms with E-state index in [0.29, 0.717) is 22.9 Å². The second-order valence-corrected chi connectivity index (χ2v) is 9.58. The molecule has 0 spiro atoms. The number of hydrogen-bond acceptors (Lipinski definition) is 4. The van der Waals surface area contributed by atoms with Crippen LogP contribution >= 0.6 is 0 Å². The van der Waals surface area contributed by atoms with Crippen molar-refractivity contribution in [2.24, 2.45) is 0 Å². The number of imide groups is 1. The molecule has 0 aliphatic carbocycles. The second-order valence-electron chi connectivity index (χ2n) is 9.58. The Kier molecular flexibility index (Phi) is 6.79. The van der Waals surface area contributed by atoms with E-state index in [1.165, 1.54) is 4.90 Å². The van der Waals surface area contributed by atoms with E-state index < -0.39 is 0 Å². The van der Waals surface area contributed by atoms with Crippen molar-refractivity contribution in [2.75, 3.05) is 10.2 Å². The fourth-order valence-corrected chi connectivity index (χ4v) is 4.27. The summed E-state index contributed by atoms with van der Waals surface area (Å²) in [6.07, 6.45) is 0.0670. The van der Waals surface area contributed by atoms with E-state index in [1.807, 2.05) is 94.4 Å². The number of amides is 2. The van der Waals surface area contributed by atoms with E-state index in [1.54, 1.807) is 0 Å². The van der Waals surface area contributed by atoms with Crippen molar-refractivity contribution >= 4 is 28.8 Å². The maximum Gasteiger partial charge on any atom is 0.282 e. The van der Waals surface area contributed by atoms with Gasteiger partial charge in [0.1, 0.15) is 11.4 Å². The molecule has 0 saturated heterocycles. The maximum atomic E-state index is 13.7. The van der Waals surface area contributed by atoms with E-state index in [-0.39, 0.29) is 23.6 Å². The first-order chi connectivity index (χ1) is 16.7. The molecule has 1 heterocycles. The molecule has 4 rings (SSSR count). The van der Waals surface area contributed by atoms with Crippen LogP contribution < -0.4 is 15.0 Å². The van der Waals surface area contributed by atoms with Gasteiger partial charge in [-0.1, -0.05) is 49.7 Å².